The Kier molecular flexibility index (Phi) is 5.63. The van der Waals surface area contributed by atoms with Gasteiger partial charge in [-0.3, -0.25) is 9.59 Å². The maximum atomic E-state index is 12.1. The highest BCUT2D eigenvalue weighted by Crippen LogP contribution is 2.23. The van der Waals surface area contributed by atoms with Crippen molar-refractivity contribution >= 4 is 33.3 Å². The van der Waals surface area contributed by atoms with Gasteiger partial charge in [0.25, 0.3) is 0 Å². The SMILES string of the molecule is COc1ccc(C(C)=O)cc1CC(=O)OCCc1nc2ccccc2s1. The van der Waals surface area contributed by atoms with Gasteiger partial charge in [0, 0.05) is 17.5 Å². The number of hydrogen-bond donors (Lipinski definition) is 0. The van der Waals surface area contributed by atoms with Crippen LogP contribution in [0.25, 0.3) is 10.2 Å². The van der Waals surface area contributed by atoms with Crippen molar-refractivity contribution in [1.82, 2.24) is 4.98 Å². The van der Waals surface area contributed by atoms with Crippen molar-refractivity contribution < 1.29 is 19.1 Å². The number of para-hydroxylation sites is 1. The summed E-state index contributed by atoms with van der Waals surface area (Å²) in [5.41, 5.74) is 2.15. The molecular formula is C20H19NO4S. The zero-order chi connectivity index (χ0) is 18.5. The number of carbonyl (C=O) groups excluding carboxylic acids is 2. The number of ether oxygens (including phenoxy) is 2. The van der Waals surface area contributed by atoms with Crippen LogP contribution in [0.1, 0.15) is 27.9 Å². The summed E-state index contributed by atoms with van der Waals surface area (Å²) in [7, 11) is 1.53. The summed E-state index contributed by atoms with van der Waals surface area (Å²) in [6.45, 7) is 1.76. The van der Waals surface area contributed by atoms with Crippen LogP contribution in [-0.2, 0) is 22.4 Å². The molecule has 0 amide bonds. The number of hydrogen-bond acceptors (Lipinski definition) is 6. The average molecular weight is 369 g/mol. The molecular weight excluding hydrogens is 350 g/mol. The Morgan fingerprint density at radius 1 is 1.15 bits per heavy atom. The molecule has 0 aliphatic carbocycles. The highest BCUT2D eigenvalue weighted by atomic mass is 32.1. The van der Waals surface area contributed by atoms with Crippen LogP contribution in [-0.4, -0.2) is 30.5 Å². The molecule has 0 fully saturated rings. The normalized spacial score (nSPS) is 10.7. The molecule has 0 N–H and O–H groups in total. The minimum absolute atomic E-state index is 0.0573. The van der Waals surface area contributed by atoms with E-state index >= 15 is 0 Å². The van der Waals surface area contributed by atoms with E-state index in [1.165, 1.54) is 14.0 Å². The Bertz CT molecular complexity index is 915. The van der Waals surface area contributed by atoms with Gasteiger partial charge in [0.15, 0.2) is 5.78 Å². The number of benzene rings is 2. The minimum atomic E-state index is -0.356. The number of thiazole rings is 1. The molecule has 3 aromatic rings. The number of ketones is 1. The van der Waals surface area contributed by atoms with Gasteiger partial charge < -0.3 is 9.47 Å². The Morgan fingerprint density at radius 3 is 2.69 bits per heavy atom. The molecule has 0 unspecified atom stereocenters. The molecule has 0 atom stereocenters. The lowest BCUT2D eigenvalue weighted by Gasteiger charge is -2.10. The second kappa shape index (κ2) is 8.10. The summed E-state index contributed by atoms with van der Waals surface area (Å²) in [5, 5.41) is 0.940. The Morgan fingerprint density at radius 2 is 1.96 bits per heavy atom. The van der Waals surface area contributed by atoms with Crippen molar-refractivity contribution in [3.8, 4) is 5.75 Å². The van der Waals surface area contributed by atoms with E-state index in [4.69, 9.17) is 9.47 Å². The standard InChI is InChI=1S/C20H19NO4S/c1-13(22)14-7-8-17(24-2)15(11-14)12-20(23)25-10-9-19-21-16-5-3-4-6-18(16)26-19/h3-8,11H,9-10,12H2,1-2H3. The van der Waals surface area contributed by atoms with E-state index in [-0.39, 0.29) is 24.8 Å². The zero-order valence-corrected chi connectivity index (χ0v) is 15.5. The quantitative estimate of drug-likeness (QED) is 0.468. The molecule has 134 valence electrons. The molecule has 0 aliphatic rings. The average Bonchev–Trinajstić information content (AvgIpc) is 3.04. The summed E-state index contributed by atoms with van der Waals surface area (Å²) >= 11 is 1.60. The largest absolute Gasteiger partial charge is 0.496 e. The van der Waals surface area contributed by atoms with Crippen LogP contribution >= 0.6 is 11.3 Å². The maximum Gasteiger partial charge on any atom is 0.310 e. The molecule has 0 radical (unpaired) electrons. The number of aromatic nitrogens is 1. The van der Waals surface area contributed by atoms with E-state index in [1.54, 1.807) is 29.5 Å². The molecule has 6 heteroatoms. The van der Waals surface area contributed by atoms with Gasteiger partial charge in [-0.2, -0.15) is 0 Å². The third kappa shape index (κ3) is 4.26. The number of rotatable bonds is 7. The van der Waals surface area contributed by atoms with Crippen LogP contribution in [0.4, 0.5) is 0 Å². The first kappa shape index (κ1) is 18.1. The van der Waals surface area contributed by atoms with Gasteiger partial charge in [0.2, 0.25) is 0 Å². The highest BCUT2D eigenvalue weighted by molar-refractivity contribution is 7.18. The molecule has 0 saturated heterocycles. The van der Waals surface area contributed by atoms with Crippen LogP contribution in [0.5, 0.6) is 5.75 Å². The third-order valence-corrected chi connectivity index (χ3v) is 5.04. The predicted octanol–water partition coefficient (Wildman–Crippen LogP) is 3.84. The van der Waals surface area contributed by atoms with Crippen molar-refractivity contribution in [2.75, 3.05) is 13.7 Å². The van der Waals surface area contributed by atoms with Crippen molar-refractivity contribution in [3.63, 3.8) is 0 Å². The molecule has 3 rings (SSSR count). The van der Waals surface area contributed by atoms with Gasteiger partial charge in [-0.1, -0.05) is 12.1 Å². The van der Waals surface area contributed by atoms with Gasteiger partial charge >= 0.3 is 5.97 Å². The number of Topliss-reactive ketones (excluding diaryl/α,β-unsaturated/α-hetero) is 1. The maximum absolute atomic E-state index is 12.1. The van der Waals surface area contributed by atoms with Crippen molar-refractivity contribution in [2.24, 2.45) is 0 Å². The summed E-state index contributed by atoms with van der Waals surface area (Å²) in [5.74, 6) is 0.154. The summed E-state index contributed by atoms with van der Waals surface area (Å²) in [6, 6.07) is 13.0. The first-order valence-corrected chi connectivity index (χ1v) is 9.06. The molecule has 0 aliphatic heterocycles. The lowest BCUT2D eigenvalue weighted by molar-refractivity contribution is -0.142. The van der Waals surface area contributed by atoms with Crippen LogP contribution in [0.3, 0.4) is 0 Å². The smallest absolute Gasteiger partial charge is 0.310 e. The van der Waals surface area contributed by atoms with Gasteiger partial charge in [-0.15, -0.1) is 11.3 Å². The number of nitrogens with zero attached hydrogens (tertiary/aromatic N) is 1. The fraction of sp³-hybridized carbons (Fsp3) is 0.250. The first-order chi connectivity index (χ1) is 12.6. The summed E-state index contributed by atoms with van der Waals surface area (Å²) in [4.78, 5) is 28.2. The zero-order valence-electron chi connectivity index (χ0n) is 14.7. The summed E-state index contributed by atoms with van der Waals surface area (Å²) in [6.07, 6.45) is 0.639. The third-order valence-electron chi connectivity index (χ3n) is 3.94. The number of fused-ring (bicyclic) bond motifs is 1. The molecule has 1 aromatic heterocycles. The summed E-state index contributed by atoms with van der Waals surface area (Å²) < 4.78 is 11.7. The van der Waals surface area contributed by atoms with Crippen LogP contribution in [0.15, 0.2) is 42.5 Å². The van der Waals surface area contributed by atoms with E-state index in [9.17, 15) is 9.59 Å². The van der Waals surface area contributed by atoms with Gasteiger partial charge in [0.05, 0.1) is 35.4 Å². The van der Waals surface area contributed by atoms with Gasteiger partial charge in [0.1, 0.15) is 5.75 Å². The van der Waals surface area contributed by atoms with Crippen molar-refractivity contribution in [1.29, 1.82) is 0 Å². The molecule has 2 aromatic carbocycles. The fourth-order valence-corrected chi connectivity index (χ4v) is 3.57. The van der Waals surface area contributed by atoms with Gasteiger partial charge in [-0.25, -0.2) is 4.98 Å². The first-order valence-electron chi connectivity index (χ1n) is 8.24. The molecule has 0 saturated carbocycles. The Balaban J connectivity index is 1.58. The van der Waals surface area contributed by atoms with Crippen LogP contribution < -0.4 is 4.74 Å². The van der Waals surface area contributed by atoms with Gasteiger partial charge in [-0.05, 0) is 37.3 Å². The molecule has 1 heterocycles. The van der Waals surface area contributed by atoms with E-state index in [1.807, 2.05) is 24.3 Å². The lowest BCUT2D eigenvalue weighted by atomic mass is 10.0. The van der Waals surface area contributed by atoms with Crippen LogP contribution in [0.2, 0.25) is 0 Å². The topological polar surface area (TPSA) is 65.5 Å². The predicted molar refractivity (Wildman–Crippen MR) is 101 cm³/mol. The fourth-order valence-electron chi connectivity index (χ4n) is 2.62. The lowest BCUT2D eigenvalue weighted by Crippen LogP contribution is -2.11. The van der Waals surface area contributed by atoms with Crippen molar-refractivity contribution in [2.45, 2.75) is 19.8 Å². The number of carbonyl (C=O) groups is 2. The number of esters is 1. The highest BCUT2D eigenvalue weighted by Gasteiger charge is 2.13. The van der Waals surface area contributed by atoms with E-state index in [0.717, 1.165) is 15.2 Å². The molecule has 5 nitrogen and oxygen atoms in total. The Hall–Kier alpha value is -2.73. The molecule has 0 spiro atoms. The van der Waals surface area contributed by atoms with E-state index in [2.05, 4.69) is 4.98 Å². The Labute approximate surface area is 155 Å². The molecule has 0 bridgehead atoms. The molecule has 26 heavy (non-hydrogen) atoms. The van der Waals surface area contributed by atoms with E-state index < -0.39 is 0 Å². The van der Waals surface area contributed by atoms with Crippen molar-refractivity contribution in [3.05, 3.63) is 58.6 Å². The monoisotopic (exact) mass is 369 g/mol. The minimum Gasteiger partial charge on any atom is -0.496 e. The number of methoxy groups -OCH3 is 1. The van der Waals surface area contributed by atoms with Crippen LogP contribution in [0, 0.1) is 0 Å². The second-order valence-electron chi connectivity index (χ2n) is 5.81. The second-order valence-corrected chi connectivity index (χ2v) is 6.92. The van der Waals surface area contributed by atoms with E-state index in [0.29, 0.717) is 23.3 Å².